The van der Waals surface area contributed by atoms with Gasteiger partial charge in [-0.05, 0) is 56.6 Å². The van der Waals surface area contributed by atoms with E-state index in [9.17, 15) is 9.59 Å². The molecule has 1 saturated carbocycles. The van der Waals surface area contributed by atoms with Crippen LogP contribution >= 0.6 is 0 Å². The number of esters is 2. The van der Waals surface area contributed by atoms with Gasteiger partial charge in [0.2, 0.25) is 0 Å². The third-order valence-corrected chi connectivity index (χ3v) is 4.44. The van der Waals surface area contributed by atoms with E-state index in [4.69, 9.17) is 9.47 Å². The summed E-state index contributed by atoms with van der Waals surface area (Å²) in [5, 5.41) is 3.30. The Bertz CT molecular complexity index is 434. The summed E-state index contributed by atoms with van der Waals surface area (Å²) in [6.45, 7) is 3.05. The molecule has 3 unspecified atom stereocenters. The van der Waals surface area contributed by atoms with E-state index in [1.165, 1.54) is 12.7 Å². The van der Waals surface area contributed by atoms with Crippen LogP contribution < -0.4 is 5.32 Å². The Hall–Kier alpha value is -1.56. The molecule has 1 saturated heterocycles. The second-order valence-electron chi connectivity index (χ2n) is 5.87. The lowest BCUT2D eigenvalue weighted by molar-refractivity contribution is -0.147. The van der Waals surface area contributed by atoms with Crippen molar-refractivity contribution in [1.82, 2.24) is 5.32 Å². The number of carbonyl (C=O) groups is 2. The number of hydrogen-bond donors (Lipinski definition) is 1. The Kier molecular flexibility index (Phi) is 6.24. The van der Waals surface area contributed by atoms with Gasteiger partial charge in [-0.1, -0.05) is 0 Å². The number of methoxy groups -OCH3 is 1. The van der Waals surface area contributed by atoms with Crippen LogP contribution in [0.1, 0.15) is 32.6 Å². The van der Waals surface area contributed by atoms with Crippen LogP contribution in [0.2, 0.25) is 0 Å². The normalized spacial score (nSPS) is 29.5. The van der Waals surface area contributed by atoms with E-state index in [0.717, 1.165) is 32.2 Å². The molecule has 0 aromatic carbocycles. The minimum atomic E-state index is -0.380. The van der Waals surface area contributed by atoms with Crippen LogP contribution in [-0.4, -0.2) is 44.8 Å². The number of allylic oxidation sites excluding steroid dienone is 1. The van der Waals surface area contributed by atoms with Crippen LogP contribution in [0.3, 0.4) is 0 Å². The molecule has 1 N–H and O–H groups in total. The number of carbonyl (C=O) groups excluding carboxylic acids is 2. The minimum Gasteiger partial charge on any atom is -0.490 e. The predicted molar refractivity (Wildman–Crippen MR) is 79.9 cm³/mol. The van der Waals surface area contributed by atoms with Crippen LogP contribution in [0.4, 0.5) is 0 Å². The summed E-state index contributed by atoms with van der Waals surface area (Å²) in [7, 11) is 1.34. The largest absolute Gasteiger partial charge is 0.490 e. The summed E-state index contributed by atoms with van der Waals surface area (Å²) in [6.07, 6.45) is 5.48. The molecule has 124 valence electrons. The average molecular weight is 311 g/mol. The summed E-state index contributed by atoms with van der Waals surface area (Å²) >= 11 is 0. The van der Waals surface area contributed by atoms with Gasteiger partial charge < -0.3 is 19.5 Å². The van der Waals surface area contributed by atoms with Crippen molar-refractivity contribution in [2.24, 2.45) is 11.8 Å². The molecule has 1 heterocycles. The quantitative estimate of drug-likeness (QED) is 0.611. The molecular formula is C16H25NO5. The Labute approximate surface area is 131 Å². The molecule has 0 aromatic heterocycles. The topological polar surface area (TPSA) is 73.9 Å². The number of fused-ring (bicyclic) bond motifs is 1. The highest BCUT2D eigenvalue weighted by atomic mass is 16.6. The van der Waals surface area contributed by atoms with Crippen molar-refractivity contribution in [3.05, 3.63) is 11.8 Å². The third kappa shape index (κ3) is 4.47. The molecule has 1 aliphatic carbocycles. The van der Waals surface area contributed by atoms with Gasteiger partial charge >= 0.3 is 11.9 Å². The first-order valence-corrected chi connectivity index (χ1v) is 7.90. The summed E-state index contributed by atoms with van der Waals surface area (Å²) in [6, 6.07) is -0.198. The van der Waals surface area contributed by atoms with Crippen molar-refractivity contribution < 1.29 is 23.8 Å². The SMILES string of the molecule is CCOC(=O)C1CC2C/C(=C\OCC(=O)OC)CCC2CN1. The average Bonchev–Trinajstić information content (AvgIpc) is 2.54. The van der Waals surface area contributed by atoms with Crippen molar-refractivity contribution in [2.75, 3.05) is 26.9 Å². The first kappa shape index (κ1) is 16.8. The molecule has 2 rings (SSSR count). The van der Waals surface area contributed by atoms with E-state index < -0.39 is 0 Å². The van der Waals surface area contributed by atoms with E-state index in [2.05, 4.69) is 10.1 Å². The van der Waals surface area contributed by atoms with Crippen LogP contribution in [0.15, 0.2) is 11.8 Å². The second kappa shape index (κ2) is 8.17. The highest BCUT2D eigenvalue weighted by Gasteiger charge is 2.36. The van der Waals surface area contributed by atoms with Gasteiger partial charge in [0.15, 0.2) is 6.61 Å². The van der Waals surface area contributed by atoms with Gasteiger partial charge in [-0.25, -0.2) is 4.79 Å². The zero-order chi connectivity index (χ0) is 15.9. The molecule has 2 fully saturated rings. The van der Waals surface area contributed by atoms with Crippen molar-refractivity contribution in [3.8, 4) is 0 Å². The Morgan fingerprint density at radius 1 is 1.36 bits per heavy atom. The molecule has 2 aliphatic rings. The second-order valence-corrected chi connectivity index (χ2v) is 5.87. The number of ether oxygens (including phenoxy) is 3. The molecular weight excluding hydrogens is 286 g/mol. The molecule has 1 aliphatic heterocycles. The van der Waals surface area contributed by atoms with Gasteiger partial charge in [0.1, 0.15) is 6.04 Å². The van der Waals surface area contributed by atoms with Crippen LogP contribution in [0.5, 0.6) is 0 Å². The fraction of sp³-hybridized carbons (Fsp3) is 0.750. The van der Waals surface area contributed by atoms with Crippen LogP contribution in [0, 0.1) is 11.8 Å². The Morgan fingerprint density at radius 3 is 2.91 bits per heavy atom. The van der Waals surface area contributed by atoms with Gasteiger partial charge in [0, 0.05) is 0 Å². The third-order valence-electron chi connectivity index (χ3n) is 4.44. The van der Waals surface area contributed by atoms with Crippen molar-refractivity contribution in [2.45, 2.75) is 38.6 Å². The number of hydrogen-bond acceptors (Lipinski definition) is 6. The number of rotatable bonds is 5. The van der Waals surface area contributed by atoms with Crippen LogP contribution in [-0.2, 0) is 23.8 Å². The highest BCUT2D eigenvalue weighted by Crippen LogP contribution is 2.38. The lowest BCUT2D eigenvalue weighted by Crippen LogP contribution is -2.49. The zero-order valence-corrected chi connectivity index (χ0v) is 13.3. The number of nitrogens with one attached hydrogen (secondary N) is 1. The summed E-state index contributed by atoms with van der Waals surface area (Å²) in [5.41, 5.74) is 1.20. The highest BCUT2D eigenvalue weighted by molar-refractivity contribution is 5.76. The lowest BCUT2D eigenvalue weighted by Gasteiger charge is -2.39. The molecule has 0 radical (unpaired) electrons. The Morgan fingerprint density at radius 2 is 2.18 bits per heavy atom. The molecule has 22 heavy (non-hydrogen) atoms. The summed E-state index contributed by atoms with van der Waals surface area (Å²) in [4.78, 5) is 22.9. The predicted octanol–water partition coefficient (Wildman–Crippen LogP) is 1.40. The van der Waals surface area contributed by atoms with Gasteiger partial charge in [-0.3, -0.25) is 4.79 Å². The van der Waals surface area contributed by atoms with Gasteiger partial charge in [-0.15, -0.1) is 0 Å². The smallest absolute Gasteiger partial charge is 0.343 e. The molecule has 0 aromatic rings. The summed E-state index contributed by atoms with van der Waals surface area (Å²) < 4.78 is 14.9. The van der Waals surface area contributed by atoms with Crippen molar-refractivity contribution >= 4 is 11.9 Å². The van der Waals surface area contributed by atoms with Gasteiger partial charge in [-0.2, -0.15) is 0 Å². The maximum atomic E-state index is 11.9. The molecule has 3 atom stereocenters. The molecule has 0 spiro atoms. The molecule has 6 nitrogen and oxygen atoms in total. The maximum Gasteiger partial charge on any atom is 0.343 e. The van der Waals surface area contributed by atoms with Crippen LogP contribution in [0.25, 0.3) is 0 Å². The van der Waals surface area contributed by atoms with E-state index >= 15 is 0 Å². The first-order chi connectivity index (χ1) is 10.6. The molecule has 0 bridgehead atoms. The fourth-order valence-corrected chi connectivity index (χ4v) is 3.25. The maximum absolute atomic E-state index is 11.9. The standard InChI is InChI=1S/C16H25NO5/c1-3-22-16(19)14-7-13-6-11(4-5-12(13)8-17-14)9-21-10-15(18)20-2/h9,12-14,17H,3-8,10H2,1-2H3/b11-9-. The van der Waals surface area contributed by atoms with E-state index in [1.54, 1.807) is 6.26 Å². The van der Waals surface area contributed by atoms with Gasteiger partial charge in [0.05, 0.1) is 20.0 Å². The zero-order valence-electron chi connectivity index (χ0n) is 13.3. The van der Waals surface area contributed by atoms with Gasteiger partial charge in [0.25, 0.3) is 0 Å². The lowest BCUT2D eigenvalue weighted by atomic mass is 9.72. The first-order valence-electron chi connectivity index (χ1n) is 7.90. The monoisotopic (exact) mass is 311 g/mol. The van der Waals surface area contributed by atoms with E-state index in [0.29, 0.717) is 18.4 Å². The minimum absolute atomic E-state index is 0.0545. The van der Waals surface area contributed by atoms with E-state index in [1.807, 2.05) is 6.92 Å². The molecule has 0 amide bonds. The van der Waals surface area contributed by atoms with E-state index in [-0.39, 0.29) is 24.6 Å². The Balaban J connectivity index is 1.85. The number of piperidine rings is 1. The van der Waals surface area contributed by atoms with Crippen molar-refractivity contribution in [1.29, 1.82) is 0 Å². The molecule has 6 heteroatoms. The van der Waals surface area contributed by atoms with Crippen molar-refractivity contribution in [3.63, 3.8) is 0 Å². The summed E-state index contributed by atoms with van der Waals surface area (Å²) in [5.74, 6) is 0.537. The fourth-order valence-electron chi connectivity index (χ4n) is 3.25.